The molecular formula is C15H17BrN2OS. The third-order valence-corrected chi connectivity index (χ3v) is 4.86. The molecule has 0 saturated heterocycles. The summed E-state index contributed by atoms with van der Waals surface area (Å²) in [5.41, 5.74) is 2.34. The number of halogens is 1. The normalized spacial score (nSPS) is 12.2. The molecule has 106 valence electrons. The van der Waals surface area contributed by atoms with E-state index in [4.69, 9.17) is 0 Å². The SMILES string of the molecule is Cc1cc(N(C)Cc2ccc(S(C)=O)cc2)ncc1Br. The van der Waals surface area contributed by atoms with E-state index in [-0.39, 0.29) is 0 Å². The van der Waals surface area contributed by atoms with Crippen molar-refractivity contribution in [3.8, 4) is 0 Å². The van der Waals surface area contributed by atoms with Gasteiger partial charge in [0.2, 0.25) is 0 Å². The lowest BCUT2D eigenvalue weighted by Gasteiger charge is -2.19. The summed E-state index contributed by atoms with van der Waals surface area (Å²) in [5, 5.41) is 0. The summed E-state index contributed by atoms with van der Waals surface area (Å²) in [7, 11) is 1.09. The Morgan fingerprint density at radius 2 is 1.95 bits per heavy atom. The highest BCUT2D eigenvalue weighted by Gasteiger charge is 2.06. The summed E-state index contributed by atoms with van der Waals surface area (Å²) in [4.78, 5) is 7.36. The molecule has 0 fully saturated rings. The van der Waals surface area contributed by atoms with Gasteiger partial charge in [-0.25, -0.2) is 4.98 Å². The average molecular weight is 353 g/mol. The molecule has 1 aromatic heterocycles. The van der Waals surface area contributed by atoms with E-state index in [1.165, 1.54) is 11.1 Å². The quantitative estimate of drug-likeness (QED) is 0.843. The third-order valence-electron chi connectivity index (χ3n) is 3.10. The van der Waals surface area contributed by atoms with Crippen LogP contribution in [0.4, 0.5) is 5.82 Å². The molecule has 1 aromatic carbocycles. The van der Waals surface area contributed by atoms with Crippen LogP contribution in [-0.4, -0.2) is 22.5 Å². The van der Waals surface area contributed by atoms with Crippen molar-refractivity contribution in [2.24, 2.45) is 0 Å². The number of pyridine rings is 1. The second-order valence-corrected chi connectivity index (χ2v) is 6.98. The lowest BCUT2D eigenvalue weighted by Crippen LogP contribution is -2.17. The van der Waals surface area contributed by atoms with Gasteiger partial charge in [-0.05, 0) is 52.2 Å². The summed E-state index contributed by atoms with van der Waals surface area (Å²) >= 11 is 3.46. The molecule has 0 spiro atoms. The minimum atomic E-state index is -0.923. The van der Waals surface area contributed by atoms with Crippen LogP contribution in [0.15, 0.2) is 45.9 Å². The number of aromatic nitrogens is 1. The third kappa shape index (κ3) is 3.67. The number of nitrogens with zero attached hydrogens (tertiary/aromatic N) is 2. The summed E-state index contributed by atoms with van der Waals surface area (Å²) in [5.74, 6) is 0.939. The molecule has 1 atom stereocenters. The molecule has 2 rings (SSSR count). The molecule has 0 saturated carbocycles. The molecule has 0 aliphatic rings. The van der Waals surface area contributed by atoms with E-state index >= 15 is 0 Å². The summed E-state index contributed by atoms with van der Waals surface area (Å²) in [6.07, 6.45) is 3.51. The first-order valence-electron chi connectivity index (χ1n) is 6.23. The van der Waals surface area contributed by atoms with Crippen molar-refractivity contribution in [2.45, 2.75) is 18.4 Å². The number of rotatable bonds is 4. The largest absolute Gasteiger partial charge is 0.355 e. The fourth-order valence-corrected chi connectivity index (χ4v) is 2.61. The molecule has 0 amide bonds. The van der Waals surface area contributed by atoms with Crippen LogP contribution in [0.3, 0.4) is 0 Å². The Kier molecular flexibility index (Phi) is 4.94. The molecule has 0 aliphatic heterocycles. The number of anilines is 1. The zero-order chi connectivity index (χ0) is 14.7. The van der Waals surface area contributed by atoms with Crippen molar-refractivity contribution in [1.29, 1.82) is 0 Å². The Hall–Kier alpha value is -1.20. The van der Waals surface area contributed by atoms with Crippen LogP contribution in [-0.2, 0) is 17.3 Å². The van der Waals surface area contributed by atoms with Crippen molar-refractivity contribution in [1.82, 2.24) is 4.98 Å². The maximum atomic E-state index is 11.4. The summed E-state index contributed by atoms with van der Waals surface area (Å²) in [6.45, 7) is 2.82. The first-order chi connectivity index (χ1) is 9.47. The molecule has 1 heterocycles. The molecule has 0 N–H and O–H groups in total. The lowest BCUT2D eigenvalue weighted by molar-refractivity contribution is 0.687. The van der Waals surface area contributed by atoms with Gasteiger partial charge in [0.05, 0.1) is 0 Å². The molecule has 3 nitrogen and oxygen atoms in total. The Bertz CT molecular complexity index is 628. The van der Waals surface area contributed by atoms with E-state index in [9.17, 15) is 4.21 Å². The van der Waals surface area contributed by atoms with Gasteiger partial charge in [-0.1, -0.05) is 12.1 Å². The van der Waals surface area contributed by atoms with Crippen molar-refractivity contribution in [3.63, 3.8) is 0 Å². The maximum Gasteiger partial charge on any atom is 0.128 e. The van der Waals surface area contributed by atoms with Crippen molar-refractivity contribution < 1.29 is 4.21 Å². The molecule has 20 heavy (non-hydrogen) atoms. The van der Waals surface area contributed by atoms with Gasteiger partial charge >= 0.3 is 0 Å². The van der Waals surface area contributed by atoms with E-state index in [1.54, 1.807) is 6.26 Å². The second-order valence-electron chi connectivity index (χ2n) is 4.75. The Labute approximate surface area is 130 Å². The van der Waals surface area contributed by atoms with Gasteiger partial charge < -0.3 is 4.90 Å². The minimum absolute atomic E-state index is 0.769. The van der Waals surface area contributed by atoms with E-state index < -0.39 is 10.8 Å². The number of aryl methyl sites for hydroxylation is 1. The zero-order valence-corrected chi connectivity index (χ0v) is 14.2. The molecule has 1 unspecified atom stereocenters. The highest BCUT2D eigenvalue weighted by atomic mass is 79.9. The fourth-order valence-electron chi connectivity index (χ4n) is 1.87. The number of benzene rings is 1. The van der Waals surface area contributed by atoms with Crippen LogP contribution < -0.4 is 4.90 Å². The minimum Gasteiger partial charge on any atom is -0.355 e. The predicted octanol–water partition coefficient (Wildman–Crippen LogP) is 3.53. The summed E-state index contributed by atoms with van der Waals surface area (Å²) in [6, 6.07) is 9.91. The standard InChI is InChI=1S/C15H17BrN2OS/c1-11-8-15(17-9-14(11)16)18(2)10-12-4-6-13(7-5-12)20(3)19/h4-9H,10H2,1-3H3. The number of hydrogen-bond donors (Lipinski definition) is 0. The van der Waals surface area contributed by atoms with Crippen LogP contribution >= 0.6 is 15.9 Å². The number of hydrogen-bond acceptors (Lipinski definition) is 3. The zero-order valence-electron chi connectivity index (χ0n) is 11.8. The second kappa shape index (κ2) is 6.50. The molecule has 0 radical (unpaired) electrons. The maximum absolute atomic E-state index is 11.4. The monoisotopic (exact) mass is 352 g/mol. The topological polar surface area (TPSA) is 33.2 Å². The van der Waals surface area contributed by atoms with Crippen LogP contribution in [0.2, 0.25) is 0 Å². The van der Waals surface area contributed by atoms with Gasteiger partial charge in [0, 0.05) is 46.2 Å². The van der Waals surface area contributed by atoms with E-state index in [0.29, 0.717) is 0 Å². The highest BCUT2D eigenvalue weighted by Crippen LogP contribution is 2.20. The van der Waals surface area contributed by atoms with E-state index in [1.807, 2.05) is 37.5 Å². The smallest absolute Gasteiger partial charge is 0.128 e. The molecule has 2 aromatic rings. The summed E-state index contributed by atoms with van der Waals surface area (Å²) < 4.78 is 12.4. The van der Waals surface area contributed by atoms with Gasteiger partial charge in [-0.15, -0.1) is 0 Å². The Morgan fingerprint density at radius 3 is 2.50 bits per heavy atom. The van der Waals surface area contributed by atoms with Crippen molar-refractivity contribution >= 4 is 32.5 Å². The van der Waals surface area contributed by atoms with Crippen molar-refractivity contribution in [3.05, 3.63) is 52.1 Å². The van der Waals surface area contributed by atoms with E-state index in [2.05, 4.69) is 38.8 Å². The Morgan fingerprint density at radius 1 is 1.30 bits per heavy atom. The van der Waals surface area contributed by atoms with Gasteiger partial charge in [-0.3, -0.25) is 4.21 Å². The van der Waals surface area contributed by atoms with Gasteiger partial charge in [0.25, 0.3) is 0 Å². The fraction of sp³-hybridized carbons (Fsp3) is 0.267. The van der Waals surface area contributed by atoms with Crippen molar-refractivity contribution in [2.75, 3.05) is 18.2 Å². The average Bonchev–Trinajstić information content (AvgIpc) is 2.42. The Balaban J connectivity index is 2.12. The molecule has 0 aliphatic carbocycles. The van der Waals surface area contributed by atoms with Crippen LogP contribution in [0, 0.1) is 6.92 Å². The van der Waals surface area contributed by atoms with Gasteiger partial charge in [0.15, 0.2) is 0 Å². The van der Waals surface area contributed by atoms with Gasteiger partial charge in [-0.2, -0.15) is 0 Å². The van der Waals surface area contributed by atoms with Gasteiger partial charge in [0.1, 0.15) is 5.82 Å². The van der Waals surface area contributed by atoms with Crippen LogP contribution in [0.25, 0.3) is 0 Å². The van der Waals surface area contributed by atoms with E-state index in [0.717, 1.165) is 21.7 Å². The highest BCUT2D eigenvalue weighted by molar-refractivity contribution is 9.10. The molecule has 0 bridgehead atoms. The molecule has 5 heteroatoms. The molecular weight excluding hydrogens is 336 g/mol. The first-order valence-corrected chi connectivity index (χ1v) is 8.58. The van der Waals surface area contributed by atoms with Crippen LogP contribution in [0.1, 0.15) is 11.1 Å². The first kappa shape index (κ1) is 15.2. The van der Waals surface area contributed by atoms with Crippen LogP contribution in [0.5, 0.6) is 0 Å². The lowest BCUT2D eigenvalue weighted by atomic mass is 10.2. The predicted molar refractivity (Wildman–Crippen MR) is 87.6 cm³/mol.